The summed E-state index contributed by atoms with van der Waals surface area (Å²) in [6, 6.07) is 10.6. The molecule has 0 radical (unpaired) electrons. The van der Waals surface area contributed by atoms with Crippen LogP contribution >= 0.6 is 0 Å². The maximum absolute atomic E-state index is 12.3. The van der Waals surface area contributed by atoms with E-state index in [1.54, 1.807) is 36.3 Å². The molecule has 3 aromatic rings. The summed E-state index contributed by atoms with van der Waals surface area (Å²) in [5, 5.41) is 7.01. The fraction of sp³-hybridized carbons (Fsp3) is 0.300. The average molecular weight is 384 g/mol. The van der Waals surface area contributed by atoms with Crippen molar-refractivity contribution in [2.75, 3.05) is 33.1 Å². The van der Waals surface area contributed by atoms with Crippen LogP contribution < -0.4 is 14.8 Å². The number of hydrogen-bond acceptors (Lipinski definition) is 6. The van der Waals surface area contributed by atoms with Crippen LogP contribution in [0, 0.1) is 0 Å². The highest BCUT2D eigenvalue weighted by atomic mass is 16.5. The molecule has 3 rings (SSSR count). The topological polar surface area (TPSA) is 81.8 Å². The second-order valence-electron chi connectivity index (χ2n) is 6.48. The number of amides is 1. The zero-order valence-electron chi connectivity index (χ0n) is 16.2. The van der Waals surface area contributed by atoms with Crippen molar-refractivity contribution in [1.29, 1.82) is 0 Å². The summed E-state index contributed by atoms with van der Waals surface area (Å²) in [5.41, 5.74) is 0.621. The van der Waals surface area contributed by atoms with Gasteiger partial charge in [-0.25, -0.2) is 0 Å². The number of methoxy groups -OCH3 is 1. The number of ether oxygens (including phenoxy) is 2. The number of carbonyl (C=O) groups is 1. The van der Waals surface area contributed by atoms with E-state index in [1.807, 2.05) is 38.4 Å². The first-order valence-corrected chi connectivity index (χ1v) is 8.87. The Balaban J connectivity index is 1.52. The summed E-state index contributed by atoms with van der Waals surface area (Å²) in [4.78, 5) is 14.4. The molecule has 0 unspecified atom stereocenters. The number of rotatable bonds is 9. The first kappa shape index (κ1) is 19.5. The molecule has 0 fully saturated rings. The third-order valence-corrected chi connectivity index (χ3v) is 3.99. The van der Waals surface area contributed by atoms with Crippen molar-refractivity contribution < 1.29 is 18.7 Å². The van der Waals surface area contributed by atoms with E-state index >= 15 is 0 Å². The lowest BCUT2D eigenvalue weighted by molar-refractivity contribution is 0.0992. The molecule has 1 N–H and O–H groups in total. The Morgan fingerprint density at radius 3 is 2.64 bits per heavy atom. The molecule has 8 heteroatoms. The van der Waals surface area contributed by atoms with E-state index in [0.29, 0.717) is 17.2 Å². The van der Waals surface area contributed by atoms with Crippen molar-refractivity contribution in [3.63, 3.8) is 0 Å². The Hall–Kier alpha value is -3.26. The molecular formula is C20H24N4O4. The highest BCUT2D eigenvalue weighted by molar-refractivity contribution is 6.02. The Labute approximate surface area is 163 Å². The molecule has 0 atom stereocenters. The van der Waals surface area contributed by atoms with E-state index in [1.165, 1.54) is 0 Å². The smallest absolute Gasteiger partial charge is 0.291 e. The number of furan rings is 1. The molecule has 0 saturated heterocycles. The molecule has 28 heavy (non-hydrogen) atoms. The zero-order valence-corrected chi connectivity index (χ0v) is 16.2. The van der Waals surface area contributed by atoms with Gasteiger partial charge in [0.1, 0.15) is 23.9 Å². The van der Waals surface area contributed by atoms with E-state index < -0.39 is 0 Å². The minimum atomic E-state index is -0.331. The lowest BCUT2D eigenvalue weighted by atomic mass is 10.3. The Morgan fingerprint density at radius 2 is 1.93 bits per heavy atom. The number of benzene rings is 1. The van der Waals surface area contributed by atoms with E-state index in [4.69, 9.17) is 13.9 Å². The van der Waals surface area contributed by atoms with Crippen molar-refractivity contribution in [3.8, 4) is 11.5 Å². The highest BCUT2D eigenvalue weighted by Gasteiger charge is 2.13. The number of nitrogens with zero attached hydrogens (tertiary/aromatic N) is 3. The van der Waals surface area contributed by atoms with Gasteiger partial charge < -0.3 is 24.1 Å². The number of likely N-dealkylation sites (N-methyl/N-ethyl adjacent to an activating group) is 1. The van der Waals surface area contributed by atoms with Gasteiger partial charge in [-0.3, -0.25) is 9.48 Å². The third kappa shape index (κ3) is 5.37. The molecule has 2 heterocycles. The van der Waals surface area contributed by atoms with Gasteiger partial charge in [0.05, 0.1) is 25.5 Å². The molecule has 0 bridgehead atoms. The molecule has 0 aliphatic carbocycles. The monoisotopic (exact) mass is 384 g/mol. The van der Waals surface area contributed by atoms with Crippen LogP contribution in [0.4, 0.5) is 5.69 Å². The van der Waals surface area contributed by atoms with Crippen molar-refractivity contribution >= 4 is 11.6 Å². The van der Waals surface area contributed by atoms with Gasteiger partial charge in [-0.05, 0) is 50.5 Å². The molecule has 0 aliphatic heterocycles. The Kier molecular flexibility index (Phi) is 6.33. The summed E-state index contributed by atoms with van der Waals surface area (Å²) >= 11 is 0. The number of carbonyl (C=O) groups excluding carboxylic acids is 1. The van der Waals surface area contributed by atoms with Crippen molar-refractivity contribution in [2.45, 2.75) is 13.2 Å². The molecule has 2 aromatic heterocycles. The van der Waals surface area contributed by atoms with Gasteiger partial charge in [-0.2, -0.15) is 5.10 Å². The minimum absolute atomic E-state index is 0.217. The minimum Gasteiger partial charge on any atom is -0.497 e. The fourth-order valence-electron chi connectivity index (χ4n) is 2.45. The first-order chi connectivity index (χ1) is 13.5. The third-order valence-electron chi connectivity index (χ3n) is 3.99. The number of hydrogen-bond donors (Lipinski definition) is 1. The molecule has 1 amide bonds. The van der Waals surface area contributed by atoms with Crippen molar-refractivity contribution in [1.82, 2.24) is 14.7 Å². The molecular weight excluding hydrogens is 360 g/mol. The first-order valence-electron chi connectivity index (χ1n) is 8.87. The van der Waals surface area contributed by atoms with Crippen LogP contribution in [0.1, 0.15) is 16.3 Å². The molecule has 148 valence electrons. The van der Waals surface area contributed by atoms with Crippen molar-refractivity contribution in [2.24, 2.45) is 0 Å². The number of anilines is 1. The summed E-state index contributed by atoms with van der Waals surface area (Å²) in [7, 11) is 5.61. The van der Waals surface area contributed by atoms with Gasteiger partial charge in [0, 0.05) is 12.7 Å². The SMILES string of the molecule is COc1ccc(OCc2ccc(C(=O)Nc3cnn(CCN(C)C)c3)o2)cc1. The second kappa shape index (κ2) is 9.09. The average Bonchev–Trinajstić information content (AvgIpc) is 3.34. The molecule has 0 aliphatic rings. The van der Waals surface area contributed by atoms with Gasteiger partial charge in [-0.15, -0.1) is 0 Å². The van der Waals surface area contributed by atoms with E-state index in [9.17, 15) is 4.79 Å². The summed E-state index contributed by atoms with van der Waals surface area (Å²) in [6.07, 6.45) is 3.40. The summed E-state index contributed by atoms with van der Waals surface area (Å²) in [6.45, 7) is 1.84. The molecule has 1 aromatic carbocycles. The largest absolute Gasteiger partial charge is 0.497 e. The van der Waals surface area contributed by atoms with Crippen LogP contribution in [0.2, 0.25) is 0 Å². The zero-order chi connectivity index (χ0) is 19.9. The van der Waals surface area contributed by atoms with E-state index in [2.05, 4.69) is 15.3 Å². The van der Waals surface area contributed by atoms with Gasteiger partial charge in [0.15, 0.2) is 5.76 Å². The maximum Gasteiger partial charge on any atom is 0.291 e. The number of nitrogens with one attached hydrogen (secondary N) is 1. The maximum atomic E-state index is 12.3. The van der Waals surface area contributed by atoms with Crippen LogP contribution in [-0.2, 0) is 13.2 Å². The van der Waals surface area contributed by atoms with Crippen LogP contribution in [-0.4, -0.2) is 48.3 Å². The van der Waals surface area contributed by atoms with Crippen molar-refractivity contribution in [3.05, 3.63) is 60.3 Å². The van der Waals surface area contributed by atoms with Gasteiger partial charge in [0.2, 0.25) is 0 Å². The molecule has 0 saturated carbocycles. The Bertz CT molecular complexity index is 899. The quantitative estimate of drug-likeness (QED) is 0.611. The molecule has 0 spiro atoms. The van der Waals surface area contributed by atoms with Gasteiger partial charge >= 0.3 is 0 Å². The standard InChI is InChI=1S/C20H24N4O4/c1-23(2)10-11-24-13-15(12-21-24)22-20(25)19-9-8-18(28-19)14-27-17-6-4-16(26-3)5-7-17/h4-9,12-13H,10-11,14H2,1-3H3,(H,22,25). The highest BCUT2D eigenvalue weighted by Crippen LogP contribution is 2.19. The normalized spacial score (nSPS) is 10.9. The van der Waals surface area contributed by atoms with E-state index in [0.717, 1.165) is 18.8 Å². The fourth-order valence-corrected chi connectivity index (χ4v) is 2.45. The predicted molar refractivity (Wildman–Crippen MR) is 105 cm³/mol. The Morgan fingerprint density at radius 1 is 1.18 bits per heavy atom. The second-order valence-corrected chi connectivity index (χ2v) is 6.48. The molecule has 8 nitrogen and oxygen atoms in total. The summed E-state index contributed by atoms with van der Waals surface area (Å²) in [5.74, 6) is 1.89. The summed E-state index contributed by atoms with van der Waals surface area (Å²) < 4.78 is 18.1. The van der Waals surface area contributed by atoms with Gasteiger partial charge in [-0.1, -0.05) is 0 Å². The lowest BCUT2D eigenvalue weighted by Crippen LogP contribution is -2.18. The van der Waals surface area contributed by atoms with Gasteiger partial charge in [0.25, 0.3) is 5.91 Å². The number of aromatic nitrogens is 2. The van der Waals surface area contributed by atoms with Crippen LogP contribution in [0.3, 0.4) is 0 Å². The van der Waals surface area contributed by atoms with E-state index in [-0.39, 0.29) is 18.3 Å². The predicted octanol–water partition coefficient (Wildman–Crippen LogP) is 2.88. The van der Waals surface area contributed by atoms with Crippen LogP contribution in [0.25, 0.3) is 0 Å². The van der Waals surface area contributed by atoms with Crippen LogP contribution in [0.15, 0.2) is 53.2 Å². The lowest BCUT2D eigenvalue weighted by Gasteiger charge is -2.08. The van der Waals surface area contributed by atoms with Crippen LogP contribution in [0.5, 0.6) is 11.5 Å².